The number of hydrogen-bond donors (Lipinski definition) is 2. The number of carbonyl (C=O) groups excluding carboxylic acids is 1. The normalized spacial score (nSPS) is 13.0. The lowest BCUT2D eigenvalue weighted by Gasteiger charge is -2.07. The smallest absolute Gasteiger partial charge is 0.270 e. The fraction of sp³-hybridized carbons (Fsp3) is 0.176. The first kappa shape index (κ1) is 13.6. The van der Waals surface area contributed by atoms with E-state index in [1.807, 2.05) is 25.1 Å². The molecule has 0 radical (unpaired) electrons. The Hall–Kier alpha value is -3.02. The van der Waals surface area contributed by atoms with Gasteiger partial charge in [0.15, 0.2) is 0 Å². The van der Waals surface area contributed by atoms with Gasteiger partial charge >= 0.3 is 0 Å². The fourth-order valence-electron chi connectivity index (χ4n) is 2.65. The van der Waals surface area contributed by atoms with E-state index < -0.39 is 0 Å². The van der Waals surface area contributed by atoms with Gasteiger partial charge in [0.25, 0.3) is 5.91 Å². The summed E-state index contributed by atoms with van der Waals surface area (Å²) in [5.74, 6) is 0.320. The maximum atomic E-state index is 11.6. The van der Waals surface area contributed by atoms with Crippen LogP contribution < -0.4 is 10.6 Å². The molecule has 2 N–H and O–H groups in total. The molecule has 0 fully saturated rings. The van der Waals surface area contributed by atoms with Crippen LogP contribution in [-0.4, -0.2) is 20.9 Å². The number of pyridine rings is 1. The minimum absolute atomic E-state index is 0.141. The molecule has 0 aliphatic carbocycles. The standard InChI is InChI=1S/C17H15N5O/c1-10-2-4-12-6-11(3-5-14(12)21-10)7-19-17-20-9-13-8-18-16(23)15(13)22-17/h2-6,9H,7-8H2,1H3,(H,18,23)(H,19,20,22). The van der Waals surface area contributed by atoms with Gasteiger partial charge in [0.1, 0.15) is 5.69 Å². The first-order valence-corrected chi connectivity index (χ1v) is 7.43. The Morgan fingerprint density at radius 1 is 1.22 bits per heavy atom. The van der Waals surface area contributed by atoms with Crippen molar-refractivity contribution in [2.24, 2.45) is 0 Å². The summed E-state index contributed by atoms with van der Waals surface area (Å²) >= 11 is 0. The predicted molar refractivity (Wildman–Crippen MR) is 87.0 cm³/mol. The molecule has 0 spiro atoms. The number of fused-ring (bicyclic) bond motifs is 2. The van der Waals surface area contributed by atoms with Crippen molar-refractivity contribution < 1.29 is 4.79 Å². The Labute approximate surface area is 133 Å². The topological polar surface area (TPSA) is 79.8 Å². The Morgan fingerprint density at radius 3 is 3.04 bits per heavy atom. The van der Waals surface area contributed by atoms with Gasteiger partial charge in [-0.1, -0.05) is 12.1 Å². The lowest BCUT2D eigenvalue weighted by Crippen LogP contribution is -2.14. The van der Waals surface area contributed by atoms with Gasteiger partial charge in [0.2, 0.25) is 5.95 Å². The van der Waals surface area contributed by atoms with Crippen LogP contribution in [0.2, 0.25) is 0 Å². The zero-order valence-corrected chi connectivity index (χ0v) is 12.6. The van der Waals surface area contributed by atoms with Gasteiger partial charge in [-0.25, -0.2) is 9.97 Å². The Morgan fingerprint density at radius 2 is 2.13 bits per heavy atom. The second-order valence-electron chi connectivity index (χ2n) is 5.58. The summed E-state index contributed by atoms with van der Waals surface area (Å²) in [5.41, 5.74) is 4.40. The third-order valence-electron chi connectivity index (χ3n) is 3.86. The molecule has 0 unspecified atom stereocenters. The number of aryl methyl sites for hydroxylation is 1. The molecule has 6 heteroatoms. The largest absolute Gasteiger partial charge is 0.350 e. The van der Waals surface area contributed by atoms with Gasteiger partial charge < -0.3 is 10.6 Å². The van der Waals surface area contributed by atoms with E-state index in [1.165, 1.54) is 0 Å². The second-order valence-corrected chi connectivity index (χ2v) is 5.58. The van der Waals surface area contributed by atoms with Crippen LogP contribution in [0.25, 0.3) is 10.9 Å². The zero-order chi connectivity index (χ0) is 15.8. The van der Waals surface area contributed by atoms with Crippen molar-refractivity contribution in [2.75, 3.05) is 5.32 Å². The molecule has 4 rings (SSSR count). The van der Waals surface area contributed by atoms with E-state index in [0.29, 0.717) is 24.7 Å². The molecule has 23 heavy (non-hydrogen) atoms. The number of anilines is 1. The highest BCUT2D eigenvalue weighted by Gasteiger charge is 2.21. The van der Waals surface area contributed by atoms with Crippen molar-refractivity contribution in [3.63, 3.8) is 0 Å². The van der Waals surface area contributed by atoms with Gasteiger partial charge in [-0.05, 0) is 30.7 Å². The van der Waals surface area contributed by atoms with Gasteiger partial charge in [0.05, 0.1) is 5.52 Å². The number of carbonyl (C=O) groups is 1. The predicted octanol–water partition coefficient (Wildman–Crippen LogP) is 2.19. The monoisotopic (exact) mass is 305 g/mol. The summed E-state index contributed by atoms with van der Waals surface area (Å²) in [5, 5.41) is 7.00. The number of nitrogens with zero attached hydrogens (tertiary/aromatic N) is 3. The molecule has 1 amide bonds. The van der Waals surface area contributed by atoms with E-state index in [1.54, 1.807) is 6.20 Å². The van der Waals surface area contributed by atoms with Crippen LogP contribution in [0, 0.1) is 6.92 Å². The Kier molecular flexibility index (Phi) is 3.15. The summed E-state index contributed by atoms with van der Waals surface area (Å²) in [6, 6.07) is 10.2. The number of amides is 1. The van der Waals surface area contributed by atoms with E-state index in [4.69, 9.17) is 0 Å². The summed E-state index contributed by atoms with van der Waals surface area (Å²) in [6.45, 7) is 3.08. The summed E-state index contributed by atoms with van der Waals surface area (Å²) in [4.78, 5) is 24.6. The van der Waals surface area contributed by atoms with Crippen LogP contribution in [0.5, 0.6) is 0 Å². The average Bonchev–Trinajstić information content (AvgIpc) is 2.94. The van der Waals surface area contributed by atoms with Gasteiger partial charge in [0, 0.05) is 35.9 Å². The molecular weight excluding hydrogens is 290 g/mol. The van der Waals surface area contributed by atoms with Crippen molar-refractivity contribution in [1.29, 1.82) is 0 Å². The average molecular weight is 305 g/mol. The minimum Gasteiger partial charge on any atom is -0.350 e. The molecule has 6 nitrogen and oxygen atoms in total. The number of benzene rings is 1. The number of aromatic nitrogens is 3. The van der Waals surface area contributed by atoms with Crippen molar-refractivity contribution in [1.82, 2.24) is 20.3 Å². The summed E-state index contributed by atoms with van der Waals surface area (Å²) in [6.07, 6.45) is 1.69. The van der Waals surface area contributed by atoms with Crippen LogP contribution in [0.4, 0.5) is 5.95 Å². The molecule has 3 aromatic rings. The highest BCUT2D eigenvalue weighted by atomic mass is 16.2. The van der Waals surface area contributed by atoms with E-state index >= 15 is 0 Å². The van der Waals surface area contributed by atoms with Gasteiger partial charge in [-0.3, -0.25) is 9.78 Å². The summed E-state index contributed by atoms with van der Waals surface area (Å²) in [7, 11) is 0. The highest BCUT2D eigenvalue weighted by molar-refractivity contribution is 5.96. The Bertz CT molecular complexity index is 922. The molecule has 0 bridgehead atoms. The van der Waals surface area contributed by atoms with Crippen LogP contribution in [0.3, 0.4) is 0 Å². The highest BCUT2D eigenvalue weighted by Crippen LogP contribution is 2.17. The lowest BCUT2D eigenvalue weighted by atomic mass is 10.1. The SMILES string of the molecule is Cc1ccc2cc(CNc3ncc4c(n3)C(=O)NC4)ccc2n1. The summed E-state index contributed by atoms with van der Waals surface area (Å²) < 4.78 is 0. The molecule has 0 saturated heterocycles. The second kappa shape index (κ2) is 5.31. The minimum atomic E-state index is -0.141. The molecule has 114 valence electrons. The van der Waals surface area contributed by atoms with Gasteiger partial charge in [-0.2, -0.15) is 0 Å². The van der Waals surface area contributed by atoms with Crippen LogP contribution in [0.1, 0.15) is 27.3 Å². The number of rotatable bonds is 3. The van der Waals surface area contributed by atoms with Gasteiger partial charge in [-0.15, -0.1) is 0 Å². The van der Waals surface area contributed by atoms with Crippen molar-refractivity contribution in [2.45, 2.75) is 20.0 Å². The fourth-order valence-corrected chi connectivity index (χ4v) is 2.65. The maximum absolute atomic E-state index is 11.6. The van der Waals surface area contributed by atoms with E-state index in [9.17, 15) is 4.79 Å². The van der Waals surface area contributed by atoms with Crippen LogP contribution >= 0.6 is 0 Å². The zero-order valence-electron chi connectivity index (χ0n) is 12.6. The number of nitrogens with one attached hydrogen (secondary N) is 2. The molecule has 3 heterocycles. The quantitative estimate of drug-likeness (QED) is 0.775. The maximum Gasteiger partial charge on any atom is 0.270 e. The van der Waals surface area contributed by atoms with Crippen LogP contribution in [-0.2, 0) is 13.1 Å². The molecule has 1 aliphatic heterocycles. The lowest BCUT2D eigenvalue weighted by molar-refractivity contribution is 0.0961. The van der Waals surface area contributed by atoms with E-state index in [2.05, 4.69) is 37.7 Å². The molecule has 1 aliphatic rings. The number of hydrogen-bond acceptors (Lipinski definition) is 5. The molecule has 2 aromatic heterocycles. The molecular formula is C17H15N5O. The van der Waals surface area contributed by atoms with Crippen LogP contribution in [0.15, 0.2) is 36.5 Å². The Balaban J connectivity index is 1.54. The van der Waals surface area contributed by atoms with Crippen molar-refractivity contribution in [3.8, 4) is 0 Å². The molecule has 1 aromatic carbocycles. The molecule has 0 saturated carbocycles. The van der Waals surface area contributed by atoms with E-state index in [-0.39, 0.29) is 5.91 Å². The van der Waals surface area contributed by atoms with E-state index in [0.717, 1.165) is 27.7 Å². The third kappa shape index (κ3) is 2.59. The third-order valence-corrected chi connectivity index (χ3v) is 3.86. The van der Waals surface area contributed by atoms with Crippen molar-refractivity contribution in [3.05, 3.63) is 59.0 Å². The first-order chi connectivity index (χ1) is 11.2. The molecule has 0 atom stereocenters. The first-order valence-electron chi connectivity index (χ1n) is 7.43. The van der Waals surface area contributed by atoms with Crippen molar-refractivity contribution >= 4 is 22.8 Å².